The normalized spacial score (nSPS) is 11.7. The first-order valence-electron chi connectivity index (χ1n) is 6.34. The fourth-order valence-electron chi connectivity index (χ4n) is 2.02. The van der Waals surface area contributed by atoms with E-state index in [0.717, 1.165) is 5.52 Å². The lowest BCUT2D eigenvalue weighted by atomic mass is 10.2. The minimum Gasteiger partial charge on any atom is -0.493 e. The number of hydrogen-bond acceptors (Lipinski definition) is 5. The Bertz CT molecular complexity index is 729. The first-order valence-corrected chi connectivity index (χ1v) is 7.12. The lowest BCUT2D eigenvalue weighted by molar-refractivity contribution is 0.145. The number of nitrogens with one attached hydrogen (secondary N) is 1. The largest absolute Gasteiger partial charge is 0.493 e. The Hall–Kier alpha value is -1.74. The molecule has 1 aromatic carbocycles. The summed E-state index contributed by atoms with van der Waals surface area (Å²) in [6.45, 7) is 0.486. The minimum atomic E-state index is -0.00469. The molecule has 0 aliphatic rings. The standard InChI is InChI=1S/C13H16ClN5O2S/c1-18(2)7-19-10-5-4-8(14)6-9(10)11(12(19)20)15-16-13(22)17-21-3/h4-6,20H,7H2,1-3H3,(H,17,22). The van der Waals surface area contributed by atoms with Crippen LogP contribution in [0.1, 0.15) is 0 Å². The lowest BCUT2D eigenvalue weighted by Crippen LogP contribution is -2.16. The number of hydrogen-bond donors (Lipinski definition) is 2. The van der Waals surface area contributed by atoms with Gasteiger partial charge in [-0.3, -0.25) is 14.3 Å². The number of hydroxylamine groups is 1. The lowest BCUT2D eigenvalue weighted by Gasteiger charge is -2.13. The third-order valence-electron chi connectivity index (χ3n) is 2.83. The molecule has 0 spiro atoms. The number of aromatic hydroxyl groups is 1. The van der Waals surface area contributed by atoms with Gasteiger partial charge in [-0.2, -0.15) is 0 Å². The van der Waals surface area contributed by atoms with E-state index >= 15 is 0 Å². The number of thiocarbonyl (C=S) groups is 1. The van der Waals surface area contributed by atoms with Crippen molar-refractivity contribution in [1.82, 2.24) is 14.9 Å². The van der Waals surface area contributed by atoms with Crippen LogP contribution in [0.5, 0.6) is 5.88 Å². The Balaban J connectivity index is 2.54. The van der Waals surface area contributed by atoms with Crippen LogP contribution in [0, 0.1) is 0 Å². The summed E-state index contributed by atoms with van der Waals surface area (Å²) in [5.74, 6) is -0.00469. The Labute approximate surface area is 138 Å². The molecule has 0 fully saturated rings. The number of fused-ring (bicyclic) bond motifs is 1. The van der Waals surface area contributed by atoms with E-state index in [4.69, 9.17) is 23.8 Å². The first kappa shape index (κ1) is 16.6. The molecule has 2 aromatic rings. The molecular weight excluding hydrogens is 326 g/mol. The van der Waals surface area contributed by atoms with E-state index < -0.39 is 0 Å². The van der Waals surface area contributed by atoms with Crippen molar-refractivity contribution < 1.29 is 9.94 Å². The zero-order chi connectivity index (χ0) is 16.3. The van der Waals surface area contributed by atoms with E-state index in [1.165, 1.54) is 7.11 Å². The van der Waals surface area contributed by atoms with E-state index in [2.05, 4.69) is 20.5 Å². The van der Waals surface area contributed by atoms with Crippen LogP contribution >= 0.6 is 23.8 Å². The molecular formula is C13H16ClN5O2S. The summed E-state index contributed by atoms with van der Waals surface area (Å²) >= 11 is 10.9. The molecule has 0 atom stereocenters. The monoisotopic (exact) mass is 341 g/mol. The Morgan fingerprint density at radius 1 is 1.50 bits per heavy atom. The number of aromatic nitrogens is 1. The van der Waals surface area contributed by atoms with Crippen LogP contribution in [0.15, 0.2) is 28.4 Å². The summed E-state index contributed by atoms with van der Waals surface area (Å²) in [5.41, 5.74) is 3.49. The minimum absolute atomic E-state index is 0.00469. The number of benzene rings is 1. The van der Waals surface area contributed by atoms with Gasteiger partial charge in [0.15, 0.2) is 5.69 Å². The van der Waals surface area contributed by atoms with Crippen molar-refractivity contribution >= 4 is 45.5 Å². The molecule has 0 aliphatic heterocycles. The van der Waals surface area contributed by atoms with Crippen LogP contribution in [0.3, 0.4) is 0 Å². The van der Waals surface area contributed by atoms with Gasteiger partial charge in [-0.25, -0.2) is 5.48 Å². The molecule has 1 heterocycles. The Kier molecular flexibility index (Phi) is 5.30. The fraction of sp³-hybridized carbons (Fsp3) is 0.308. The quantitative estimate of drug-likeness (QED) is 0.508. The van der Waals surface area contributed by atoms with Gasteiger partial charge in [0.1, 0.15) is 0 Å². The zero-order valence-corrected chi connectivity index (χ0v) is 13.9. The molecule has 2 rings (SSSR count). The van der Waals surface area contributed by atoms with Crippen molar-refractivity contribution in [2.45, 2.75) is 6.67 Å². The van der Waals surface area contributed by atoms with E-state index in [1.807, 2.05) is 25.1 Å². The van der Waals surface area contributed by atoms with Gasteiger partial charge in [-0.1, -0.05) is 11.6 Å². The van der Waals surface area contributed by atoms with Crippen molar-refractivity contribution in [3.8, 4) is 5.88 Å². The second kappa shape index (κ2) is 7.01. The highest BCUT2D eigenvalue weighted by molar-refractivity contribution is 7.80. The summed E-state index contributed by atoms with van der Waals surface area (Å²) < 4.78 is 1.72. The highest BCUT2D eigenvalue weighted by atomic mass is 35.5. The van der Waals surface area contributed by atoms with Gasteiger partial charge in [0.2, 0.25) is 11.0 Å². The molecule has 118 valence electrons. The third kappa shape index (κ3) is 3.53. The summed E-state index contributed by atoms with van der Waals surface area (Å²) in [6.07, 6.45) is 0. The summed E-state index contributed by atoms with van der Waals surface area (Å²) in [6, 6.07) is 5.31. The third-order valence-corrected chi connectivity index (χ3v) is 3.23. The fourth-order valence-corrected chi connectivity index (χ4v) is 2.32. The van der Waals surface area contributed by atoms with Crippen LogP contribution in [-0.4, -0.2) is 40.9 Å². The predicted molar refractivity (Wildman–Crippen MR) is 89.6 cm³/mol. The average Bonchev–Trinajstić information content (AvgIpc) is 2.69. The molecule has 0 bridgehead atoms. The van der Waals surface area contributed by atoms with Gasteiger partial charge in [0, 0.05) is 10.4 Å². The highest BCUT2D eigenvalue weighted by Gasteiger charge is 2.17. The second-order valence-corrected chi connectivity index (χ2v) is 5.62. The van der Waals surface area contributed by atoms with Crippen molar-refractivity contribution in [2.75, 3.05) is 21.2 Å². The van der Waals surface area contributed by atoms with Crippen LogP contribution in [-0.2, 0) is 11.5 Å². The molecule has 0 unspecified atom stereocenters. The Morgan fingerprint density at radius 3 is 2.86 bits per heavy atom. The van der Waals surface area contributed by atoms with Crippen LogP contribution < -0.4 is 5.48 Å². The number of halogens is 1. The molecule has 0 radical (unpaired) electrons. The molecule has 1 aromatic heterocycles. The summed E-state index contributed by atoms with van der Waals surface area (Å²) in [7, 11) is 5.22. The van der Waals surface area contributed by atoms with Crippen molar-refractivity contribution in [3.63, 3.8) is 0 Å². The van der Waals surface area contributed by atoms with Crippen LogP contribution in [0.2, 0.25) is 5.02 Å². The van der Waals surface area contributed by atoms with Crippen molar-refractivity contribution in [1.29, 1.82) is 0 Å². The number of nitrogens with zero attached hydrogens (tertiary/aromatic N) is 4. The zero-order valence-electron chi connectivity index (χ0n) is 12.4. The van der Waals surface area contributed by atoms with Crippen LogP contribution in [0.4, 0.5) is 5.69 Å². The molecule has 9 heteroatoms. The average molecular weight is 342 g/mol. The molecule has 7 nitrogen and oxygen atoms in total. The first-order chi connectivity index (χ1) is 10.4. The van der Waals surface area contributed by atoms with Crippen LogP contribution in [0.25, 0.3) is 10.9 Å². The second-order valence-electron chi connectivity index (χ2n) is 4.79. The van der Waals surface area contributed by atoms with Gasteiger partial charge >= 0.3 is 0 Å². The van der Waals surface area contributed by atoms with E-state index in [1.54, 1.807) is 16.7 Å². The molecule has 2 N–H and O–H groups in total. The van der Waals surface area contributed by atoms with Crippen molar-refractivity contribution in [2.24, 2.45) is 10.2 Å². The predicted octanol–water partition coefficient (Wildman–Crippen LogP) is 3.04. The molecule has 0 amide bonds. The maximum Gasteiger partial charge on any atom is 0.237 e. The summed E-state index contributed by atoms with van der Waals surface area (Å²) in [5, 5.41) is 19.6. The molecule has 22 heavy (non-hydrogen) atoms. The molecule has 0 saturated heterocycles. The molecule has 0 aliphatic carbocycles. The van der Waals surface area contributed by atoms with Gasteiger partial charge in [0.05, 0.1) is 19.3 Å². The van der Waals surface area contributed by atoms with E-state index in [-0.39, 0.29) is 11.0 Å². The number of azo groups is 1. The van der Waals surface area contributed by atoms with Gasteiger partial charge in [0.25, 0.3) is 0 Å². The van der Waals surface area contributed by atoms with Gasteiger partial charge in [-0.15, -0.1) is 10.2 Å². The Morgan fingerprint density at radius 2 is 2.23 bits per heavy atom. The summed E-state index contributed by atoms with van der Waals surface area (Å²) in [4.78, 5) is 6.57. The maximum atomic E-state index is 10.4. The van der Waals surface area contributed by atoms with Gasteiger partial charge < -0.3 is 5.11 Å². The molecule has 0 saturated carbocycles. The smallest absolute Gasteiger partial charge is 0.237 e. The van der Waals surface area contributed by atoms with E-state index in [0.29, 0.717) is 22.8 Å². The van der Waals surface area contributed by atoms with E-state index in [9.17, 15) is 5.11 Å². The maximum absolute atomic E-state index is 10.4. The number of rotatable bonds is 4. The highest BCUT2D eigenvalue weighted by Crippen LogP contribution is 2.40. The topological polar surface area (TPSA) is 74.4 Å². The van der Waals surface area contributed by atoms with Crippen molar-refractivity contribution in [3.05, 3.63) is 23.2 Å². The van der Waals surface area contributed by atoms with Gasteiger partial charge in [-0.05, 0) is 44.5 Å². The SMILES string of the molecule is CONC(=S)N=Nc1c(O)n(CN(C)C)c2ccc(Cl)cc12.